The Morgan fingerprint density at radius 1 is 1.23 bits per heavy atom. The van der Waals surface area contributed by atoms with E-state index < -0.39 is 11.7 Å². The van der Waals surface area contributed by atoms with Gasteiger partial charge in [0, 0.05) is 23.6 Å². The molecule has 35 heavy (non-hydrogen) atoms. The molecular weight excluding hydrogens is 450 g/mol. The van der Waals surface area contributed by atoms with E-state index in [1.54, 1.807) is 48.5 Å². The zero-order valence-electron chi connectivity index (χ0n) is 18.6. The Hall–Kier alpha value is -5.18. The fourth-order valence-corrected chi connectivity index (χ4v) is 3.32. The van der Waals surface area contributed by atoms with Crippen molar-refractivity contribution in [1.82, 2.24) is 24.7 Å². The number of anilines is 1. The van der Waals surface area contributed by atoms with E-state index in [-0.39, 0.29) is 18.4 Å². The van der Waals surface area contributed by atoms with Crippen LogP contribution in [0.5, 0.6) is 11.5 Å². The first-order valence-electron chi connectivity index (χ1n) is 10.4. The van der Waals surface area contributed by atoms with Crippen LogP contribution in [0, 0.1) is 16.7 Å². The van der Waals surface area contributed by atoms with Crippen LogP contribution in [-0.4, -0.2) is 44.3 Å². The van der Waals surface area contributed by atoms with E-state index in [0.29, 0.717) is 34.1 Å². The lowest BCUT2D eigenvalue weighted by Crippen LogP contribution is -2.18. The van der Waals surface area contributed by atoms with Gasteiger partial charge in [-0.1, -0.05) is 6.07 Å². The van der Waals surface area contributed by atoms with E-state index in [4.69, 9.17) is 25.9 Å². The number of nitriles is 1. The maximum atomic E-state index is 12.7. The number of ether oxygens (including phenoxy) is 2. The molecule has 0 amide bonds. The molecule has 0 aliphatic carbocycles. The largest absolute Gasteiger partial charge is 0.493 e. The molecule has 0 aliphatic rings. The number of benzene rings is 2. The smallest absolute Gasteiger partial charge is 0.350 e. The van der Waals surface area contributed by atoms with Crippen LogP contribution in [0.1, 0.15) is 23.0 Å². The van der Waals surface area contributed by atoms with Crippen molar-refractivity contribution in [3.63, 3.8) is 0 Å². The third-order valence-electron chi connectivity index (χ3n) is 4.97. The molecule has 1 atom stereocenters. The number of rotatable bonds is 9. The highest BCUT2D eigenvalue weighted by Crippen LogP contribution is 2.33. The molecular formula is C23H21N9O3. The monoisotopic (exact) mass is 471 g/mol. The lowest BCUT2D eigenvalue weighted by molar-refractivity contribution is 0.329. The Morgan fingerprint density at radius 3 is 2.63 bits per heavy atom. The molecule has 0 aliphatic heterocycles. The highest BCUT2D eigenvalue weighted by molar-refractivity contribution is 5.95. The molecule has 0 radical (unpaired) electrons. The van der Waals surface area contributed by atoms with Crippen LogP contribution < -0.4 is 26.2 Å². The van der Waals surface area contributed by atoms with Gasteiger partial charge in [0.15, 0.2) is 23.9 Å². The molecule has 2 heterocycles. The number of aromatic nitrogens is 5. The average Bonchev–Trinajstić information content (AvgIpc) is 3.27. The number of nitrogens with zero attached hydrogens (tertiary/aromatic N) is 5. The topological polar surface area (TPSA) is 181 Å². The average molecular weight is 471 g/mol. The Balaban J connectivity index is 1.76. The van der Waals surface area contributed by atoms with Gasteiger partial charge in [-0.25, -0.2) is 14.8 Å². The summed E-state index contributed by atoms with van der Waals surface area (Å²) >= 11 is 0. The van der Waals surface area contributed by atoms with Crippen molar-refractivity contribution in [3.8, 4) is 23.5 Å². The maximum Gasteiger partial charge on any atom is 0.350 e. The number of amidine groups is 1. The fourth-order valence-electron chi connectivity index (χ4n) is 3.32. The predicted octanol–water partition coefficient (Wildman–Crippen LogP) is 1.75. The van der Waals surface area contributed by atoms with Crippen LogP contribution >= 0.6 is 0 Å². The van der Waals surface area contributed by atoms with Crippen molar-refractivity contribution in [2.45, 2.75) is 6.04 Å². The first kappa shape index (κ1) is 23.0. The summed E-state index contributed by atoms with van der Waals surface area (Å²) in [5.74, 6) is 1.19. The van der Waals surface area contributed by atoms with Gasteiger partial charge in [0.1, 0.15) is 17.9 Å². The molecule has 2 aromatic carbocycles. The van der Waals surface area contributed by atoms with Gasteiger partial charge in [-0.05, 0) is 48.0 Å². The lowest BCUT2D eigenvalue weighted by Gasteiger charge is -2.20. The number of methoxy groups -OCH3 is 1. The molecule has 0 saturated carbocycles. The summed E-state index contributed by atoms with van der Waals surface area (Å²) in [6.07, 6.45) is 3.03. The molecule has 0 saturated heterocycles. The number of hydrogen-bond acceptors (Lipinski definition) is 9. The standard InChI is InChI=1S/C23H21N9O3/c1-34-18-13-15(5-8-17(18)35-12-9-24)19(29-16-6-3-14(4-7-16)20(25)26)21-30-23(33)32(31-21)22-27-10-2-11-28-22/h2-8,10-11,13,19,29H,12H2,1H3,(H3,25,26)(H,30,31,33)/t19-/m0/s1. The molecule has 0 spiro atoms. The molecule has 12 heteroatoms. The second-order valence-electron chi connectivity index (χ2n) is 7.20. The summed E-state index contributed by atoms with van der Waals surface area (Å²) in [5.41, 5.74) is 7.00. The number of hydrogen-bond donors (Lipinski definition) is 4. The molecule has 0 fully saturated rings. The SMILES string of the molecule is COc1cc([C@H](Nc2ccc(C(=N)N)cc2)c2nn(-c3ncccn3)c(=O)[nH]2)ccc1OCC#N. The van der Waals surface area contributed by atoms with Crippen molar-refractivity contribution in [2.75, 3.05) is 19.0 Å². The third kappa shape index (κ3) is 5.09. The number of nitrogens with two attached hydrogens (primary N) is 1. The van der Waals surface area contributed by atoms with E-state index in [1.165, 1.54) is 19.5 Å². The molecule has 5 N–H and O–H groups in total. The first-order chi connectivity index (χ1) is 17.0. The van der Waals surface area contributed by atoms with Crippen LogP contribution in [0.25, 0.3) is 5.95 Å². The minimum Gasteiger partial charge on any atom is -0.493 e. The minimum atomic E-state index is -0.630. The summed E-state index contributed by atoms with van der Waals surface area (Å²) < 4.78 is 11.9. The van der Waals surface area contributed by atoms with Gasteiger partial charge in [-0.2, -0.15) is 5.26 Å². The number of nitrogens with one attached hydrogen (secondary N) is 3. The fraction of sp³-hybridized carbons (Fsp3) is 0.130. The summed E-state index contributed by atoms with van der Waals surface area (Å²) in [6, 6.07) is 15.0. The summed E-state index contributed by atoms with van der Waals surface area (Å²) in [6.45, 7) is -0.130. The van der Waals surface area contributed by atoms with Gasteiger partial charge in [0.2, 0.25) is 0 Å². The molecule has 2 aromatic heterocycles. The van der Waals surface area contributed by atoms with E-state index in [0.717, 1.165) is 4.68 Å². The zero-order chi connectivity index (χ0) is 24.8. The van der Waals surface area contributed by atoms with Gasteiger partial charge >= 0.3 is 5.69 Å². The van der Waals surface area contributed by atoms with Crippen LogP contribution in [0.15, 0.2) is 65.7 Å². The maximum absolute atomic E-state index is 12.7. The van der Waals surface area contributed by atoms with Crippen molar-refractivity contribution in [3.05, 3.63) is 88.4 Å². The Bertz CT molecular complexity index is 1420. The van der Waals surface area contributed by atoms with Gasteiger partial charge in [-0.15, -0.1) is 9.78 Å². The Labute approximate surface area is 199 Å². The summed E-state index contributed by atoms with van der Waals surface area (Å²) in [7, 11) is 1.49. The molecule has 0 bridgehead atoms. The van der Waals surface area contributed by atoms with Gasteiger partial charge < -0.3 is 20.5 Å². The molecule has 12 nitrogen and oxygen atoms in total. The van der Waals surface area contributed by atoms with E-state index in [2.05, 4.69) is 25.4 Å². The van der Waals surface area contributed by atoms with Crippen LogP contribution in [0.4, 0.5) is 5.69 Å². The van der Waals surface area contributed by atoms with E-state index in [1.807, 2.05) is 6.07 Å². The number of aromatic amines is 1. The normalized spacial score (nSPS) is 11.3. The minimum absolute atomic E-state index is 0.0447. The summed E-state index contributed by atoms with van der Waals surface area (Å²) in [4.78, 5) is 23.6. The van der Waals surface area contributed by atoms with Crippen LogP contribution in [0.3, 0.4) is 0 Å². The van der Waals surface area contributed by atoms with Crippen LogP contribution in [0.2, 0.25) is 0 Å². The number of H-pyrrole nitrogens is 1. The van der Waals surface area contributed by atoms with E-state index >= 15 is 0 Å². The van der Waals surface area contributed by atoms with Crippen molar-refractivity contribution in [2.24, 2.45) is 5.73 Å². The summed E-state index contributed by atoms with van der Waals surface area (Å²) in [5, 5.41) is 24.2. The molecule has 4 aromatic rings. The van der Waals surface area contributed by atoms with Crippen molar-refractivity contribution >= 4 is 11.5 Å². The van der Waals surface area contributed by atoms with Gasteiger partial charge in [0.25, 0.3) is 5.95 Å². The van der Waals surface area contributed by atoms with Crippen LogP contribution in [-0.2, 0) is 0 Å². The van der Waals surface area contributed by atoms with Gasteiger partial charge in [0.05, 0.1) is 7.11 Å². The second-order valence-corrected chi connectivity index (χ2v) is 7.20. The zero-order valence-corrected chi connectivity index (χ0v) is 18.6. The molecule has 0 unspecified atom stereocenters. The Kier molecular flexibility index (Phi) is 6.68. The first-order valence-corrected chi connectivity index (χ1v) is 10.4. The van der Waals surface area contributed by atoms with Crippen molar-refractivity contribution < 1.29 is 9.47 Å². The molecule has 4 rings (SSSR count). The second kappa shape index (κ2) is 10.2. The highest BCUT2D eigenvalue weighted by Gasteiger charge is 2.22. The third-order valence-corrected chi connectivity index (χ3v) is 4.97. The predicted molar refractivity (Wildman–Crippen MR) is 127 cm³/mol. The quantitative estimate of drug-likeness (QED) is 0.209. The molecule has 176 valence electrons. The lowest BCUT2D eigenvalue weighted by atomic mass is 10.0. The number of nitrogen functional groups attached to an aromatic ring is 1. The van der Waals surface area contributed by atoms with Gasteiger partial charge in [-0.3, -0.25) is 10.4 Å². The van der Waals surface area contributed by atoms with E-state index in [9.17, 15) is 4.79 Å². The van der Waals surface area contributed by atoms with Crippen molar-refractivity contribution in [1.29, 1.82) is 10.7 Å². The Morgan fingerprint density at radius 2 is 1.97 bits per heavy atom. The highest BCUT2D eigenvalue weighted by atomic mass is 16.5.